The largest absolute Gasteiger partial charge is 0.488 e. The molecule has 0 saturated heterocycles. The van der Waals surface area contributed by atoms with E-state index in [4.69, 9.17) is 4.74 Å². The standard InChI is InChI=1S/C18H18N2O2/c1-11-8-14(15(10-19)17(21)20-11)12-4-5-16-13(9-12)6-7-18(2,3)22-16/h4-5,8-9H,6-7H2,1-3H3,(H,20,21). The van der Waals surface area contributed by atoms with Crippen LogP contribution in [0.2, 0.25) is 0 Å². The fourth-order valence-corrected chi connectivity index (χ4v) is 2.85. The quantitative estimate of drug-likeness (QED) is 0.877. The Labute approximate surface area is 129 Å². The summed E-state index contributed by atoms with van der Waals surface area (Å²) in [4.78, 5) is 14.6. The molecule has 4 heteroatoms. The highest BCUT2D eigenvalue weighted by atomic mass is 16.5. The molecular weight excluding hydrogens is 276 g/mol. The molecule has 22 heavy (non-hydrogen) atoms. The monoisotopic (exact) mass is 294 g/mol. The Morgan fingerprint density at radius 2 is 2.09 bits per heavy atom. The van der Waals surface area contributed by atoms with Crippen LogP contribution in [0.3, 0.4) is 0 Å². The van der Waals surface area contributed by atoms with Gasteiger partial charge in [-0.3, -0.25) is 4.79 Å². The number of fused-ring (bicyclic) bond motifs is 1. The molecule has 0 saturated carbocycles. The molecule has 0 unspecified atom stereocenters. The number of benzene rings is 1. The van der Waals surface area contributed by atoms with Gasteiger partial charge in [-0.15, -0.1) is 0 Å². The Hall–Kier alpha value is -2.54. The summed E-state index contributed by atoms with van der Waals surface area (Å²) in [5.74, 6) is 0.889. The molecule has 1 N–H and O–H groups in total. The minimum atomic E-state index is -0.340. The molecule has 1 aliphatic rings. The zero-order valence-corrected chi connectivity index (χ0v) is 13.0. The van der Waals surface area contributed by atoms with Crippen LogP contribution in [0.4, 0.5) is 0 Å². The van der Waals surface area contributed by atoms with Crippen LogP contribution in [0, 0.1) is 18.3 Å². The molecule has 0 spiro atoms. The lowest BCUT2D eigenvalue weighted by atomic mass is 9.91. The van der Waals surface area contributed by atoms with Crippen molar-refractivity contribution in [1.82, 2.24) is 4.98 Å². The summed E-state index contributed by atoms with van der Waals surface area (Å²) in [6.07, 6.45) is 1.88. The molecule has 0 radical (unpaired) electrons. The lowest BCUT2D eigenvalue weighted by Gasteiger charge is -2.32. The number of aromatic amines is 1. The first kappa shape index (κ1) is 14.4. The van der Waals surface area contributed by atoms with Gasteiger partial charge in [0.2, 0.25) is 0 Å². The summed E-state index contributed by atoms with van der Waals surface area (Å²) in [5.41, 5.74) is 3.10. The Morgan fingerprint density at radius 1 is 1.32 bits per heavy atom. The van der Waals surface area contributed by atoms with Gasteiger partial charge in [-0.2, -0.15) is 5.26 Å². The Kier molecular flexibility index (Phi) is 3.29. The summed E-state index contributed by atoms with van der Waals surface area (Å²) in [6, 6.07) is 9.72. The second-order valence-electron chi connectivity index (χ2n) is 6.37. The van der Waals surface area contributed by atoms with Crippen LogP contribution in [0.5, 0.6) is 5.75 Å². The molecule has 3 rings (SSSR count). The molecule has 0 aliphatic carbocycles. The maximum absolute atomic E-state index is 11.9. The fourth-order valence-electron chi connectivity index (χ4n) is 2.85. The predicted molar refractivity (Wildman–Crippen MR) is 85.0 cm³/mol. The minimum Gasteiger partial charge on any atom is -0.488 e. The number of H-pyrrole nitrogens is 1. The van der Waals surface area contributed by atoms with E-state index < -0.39 is 0 Å². The van der Waals surface area contributed by atoms with Crippen molar-refractivity contribution in [3.05, 3.63) is 51.4 Å². The number of nitrogens with one attached hydrogen (secondary N) is 1. The summed E-state index contributed by atoms with van der Waals surface area (Å²) >= 11 is 0. The Balaban J connectivity index is 2.12. The van der Waals surface area contributed by atoms with E-state index in [9.17, 15) is 10.1 Å². The molecule has 0 fully saturated rings. The Bertz CT molecular complexity index is 841. The van der Waals surface area contributed by atoms with E-state index >= 15 is 0 Å². The second-order valence-corrected chi connectivity index (χ2v) is 6.37. The minimum absolute atomic E-state index is 0.146. The van der Waals surface area contributed by atoms with Gasteiger partial charge in [-0.1, -0.05) is 6.07 Å². The molecule has 2 heterocycles. The third kappa shape index (κ3) is 2.50. The highest BCUT2D eigenvalue weighted by molar-refractivity contribution is 5.72. The zero-order valence-electron chi connectivity index (χ0n) is 13.0. The van der Waals surface area contributed by atoms with Crippen LogP contribution in [0.1, 0.15) is 37.1 Å². The van der Waals surface area contributed by atoms with E-state index in [0.717, 1.165) is 35.4 Å². The summed E-state index contributed by atoms with van der Waals surface area (Å²) in [7, 11) is 0. The number of ether oxygens (including phenoxy) is 1. The zero-order chi connectivity index (χ0) is 15.9. The van der Waals surface area contributed by atoms with Crippen LogP contribution in [-0.2, 0) is 6.42 Å². The first-order chi connectivity index (χ1) is 10.4. The van der Waals surface area contributed by atoms with E-state index in [1.807, 2.05) is 37.3 Å². The number of aryl methyl sites for hydroxylation is 2. The number of nitriles is 1. The van der Waals surface area contributed by atoms with Crippen LogP contribution >= 0.6 is 0 Å². The molecular formula is C18H18N2O2. The molecule has 1 aliphatic heterocycles. The number of nitrogens with zero attached hydrogens (tertiary/aromatic N) is 1. The molecule has 0 atom stereocenters. The van der Waals surface area contributed by atoms with Gasteiger partial charge in [0.15, 0.2) is 0 Å². The molecule has 4 nitrogen and oxygen atoms in total. The van der Waals surface area contributed by atoms with Crippen LogP contribution < -0.4 is 10.3 Å². The summed E-state index contributed by atoms with van der Waals surface area (Å²) in [5, 5.41) is 9.26. The van der Waals surface area contributed by atoms with Gasteiger partial charge in [0.1, 0.15) is 23.0 Å². The van der Waals surface area contributed by atoms with Crippen LogP contribution in [0.15, 0.2) is 29.1 Å². The molecule has 1 aromatic heterocycles. The van der Waals surface area contributed by atoms with Gasteiger partial charge in [-0.05, 0) is 62.9 Å². The van der Waals surface area contributed by atoms with Crippen molar-refractivity contribution < 1.29 is 4.74 Å². The number of pyridine rings is 1. The molecule has 1 aromatic carbocycles. The summed E-state index contributed by atoms with van der Waals surface area (Å²) in [6.45, 7) is 5.98. The van der Waals surface area contributed by atoms with Crippen molar-refractivity contribution in [1.29, 1.82) is 5.26 Å². The lowest BCUT2D eigenvalue weighted by molar-refractivity contribution is 0.0847. The van der Waals surface area contributed by atoms with E-state index in [1.165, 1.54) is 0 Å². The van der Waals surface area contributed by atoms with Gasteiger partial charge in [0.25, 0.3) is 5.56 Å². The van der Waals surface area contributed by atoms with Gasteiger partial charge in [-0.25, -0.2) is 0 Å². The Morgan fingerprint density at radius 3 is 2.82 bits per heavy atom. The van der Waals surface area contributed by atoms with Crippen LogP contribution in [-0.4, -0.2) is 10.6 Å². The van der Waals surface area contributed by atoms with Gasteiger partial charge < -0.3 is 9.72 Å². The lowest BCUT2D eigenvalue weighted by Crippen LogP contribution is -2.32. The molecule has 112 valence electrons. The van der Waals surface area contributed by atoms with Gasteiger partial charge in [0.05, 0.1) is 0 Å². The molecule has 0 bridgehead atoms. The third-order valence-electron chi connectivity index (χ3n) is 4.03. The predicted octanol–water partition coefficient (Wildman–Crippen LogP) is 3.33. The first-order valence-electron chi connectivity index (χ1n) is 7.36. The van der Waals surface area contributed by atoms with Crippen molar-refractivity contribution in [2.24, 2.45) is 0 Å². The number of hydrogen-bond acceptors (Lipinski definition) is 3. The average molecular weight is 294 g/mol. The average Bonchev–Trinajstić information content (AvgIpc) is 2.45. The highest BCUT2D eigenvalue weighted by Gasteiger charge is 2.26. The number of hydrogen-bond donors (Lipinski definition) is 1. The van der Waals surface area contributed by atoms with E-state index in [1.54, 1.807) is 0 Å². The van der Waals surface area contributed by atoms with Crippen molar-refractivity contribution in [3.63, 3.8) is 0 Å². The smallest absolute Gasteiger partial charge is 0.266 e. The van der Waals surface area contributed by atoms with Crippen molar-refractivity contribution >= 4 is 0 Å². The number of rotatable bonds is 1. The first-order valence-corrected chi connectivity index (χ1v) is 7.36. The maximum Gasteiger partial charge on any atom is 0.266 e. The fraction of sp³-hybridized carbons (Fsp3) is 0.333. The number of aromatic nitrogens is 1. The van der Waals surface area contributed by atoms with Crippen molar-refractivity contribution in [3.8, 4) is 22.9 Å². The van der Waals surface area contributed by atoms with Gasteiger partial charge in [0, 0.05) is 11.3 Å². The van der Waals surface area contributed by atoms with Crippen LogP contribution in [0.25, 0.3) is 11.1 Å². The highest BCUT2D eigenvalue weighted by Crippen LogP contribution is 2.36. The van der Waals surface area contributed by atoms with Crippen molar-refractivity contribution in [2.45, 2.75) is 39.2 Å². The molecule has 2 aromatic rings. The SMILES string of the molecule is Cc1cc(-c2ccc3c(c2)CCC(C)(C)O3)c(C#N)c(=O)[nH]1. The third-order valence-corrected chi connectivity index (χ3v) is 4.03. The van der Waals surface area contributed by atoms with Crippen molar-refractivity contribution in [2.75, 3.05) is 0 Å². The van der Waals surface area contributed by atoms with E-state index in [0.29, 0.717) is 5.56 Å². The van der Waals surface area contributed by atoms with Gasteiger partial charge >= 0.3 is 0 Å². The van der Waals surface area contributed by atoms with E-state index in [2.05, 4.69) is 18.8 Å². The van der Waals surface area contributed by atoms with E-state index in [-0.39, 0.29) is 16.7 Å². The normalized spacial score (nSPS) is 15.5. The second kappa shape index (κ2) is 5.03. The summed E-state index contributed by atoms with van der Waals surface area (Å²) < 4.78 is 5.98. The maximum atomic E-state index is 11.9. The molecule has 0 amide bonds. The topological polar surface area (TPSA) is 65.9 Å².